The van der Waals surface area contributed by atoms with Gasteiger partial charge in [-0.05, 0) is 44.6 Å². The number of thiophene rings is 1. The fraction of sp³-hybridized carbons (Fsp3) is 0.294. The topological polar surface area (TPSA) is 87.5 Å². The molecule has 134 valence electrons. The second kappa shape index (κ2) is 8.09. The lowest BCUT2D eigenvalue weighted by Crippen LogP contribution is -2.36. The van der Waals surface area contributed by atoms with Gasteiger partial charge in [-0.2, -0.15) is 0 Å². The third kappa shape index (κ3) is 4.77. The molecule has 25 heavy (non-hydrogen) atoms. The number of nitrogens with zero attached hydrogens (tertiary/aromatic N) is 1. The van der Waals surface area contributed by atoms with E-state index in [2.05, 4.69) is 10.6 Å². The Morgan fingerprint density at radius 2 is 2.08 bits per heavy atom. The van der Waals surface area contributed by atoms with Crippen LogP contribution < -0.4 is 16.4 Å². The van der Waals surface area contributed by atoms with Crippen molar-refractivity contribution in [1.29, 1.82) is 0 Å². The molecule has 8 heteroatoms. The number of rotatable bonds is 6. The molecular weight excluding hydrogens is 343 g/mol. The number of hydrogen-bond donors (Lipinski definition) is 3. The Bertz CT molecular complexity index is 762. The third-order valence-electron chi connectivity index (χ3n) is 3.83. The van der Waals surface area contributed by atoms with Crippen LogP contribution in [0.2, 0.25) is 0 Å². The van der Waals surface area contributed by atoms with Gasteiger partial charge in [-0.3, -0.25) is 4.79 Å². The molecular formula is C17H21FN4O2S. The molecule has 0 saturated carbocycles. The van der Waals surface area contributed by atoms with E-state index in [1.807, 2.05) is 36.5 Å². The monoisotopic (exact) mass is 364 g/mol. The molecule has 1 aromatic heterocycles. The zero-order valence-electron chi connectivity index (χ0n) is 14.3. The van der Waals surface area contributed by atoms with Gasteiger partial charge in [0.25, 0.3) is 0 Å². The summed E-state index contributed by atoms with van der Waals surface area (Å²) in [6.07, 6.45) is 0. The maximum atomic E-state index is 13.9. The number of carbonyl (C=O) groups excluding carboxylic acids is 2. The van der Waals surface area contributed by atoms with Gasteiger partial charge in [0.05, 0.1) is 6.04 Å². The van der Waals surface area contributed by atoms with Crippen LogP contribution in [0.25, 0.3) is 0 Å². The predicted molar refractivity (Wildman–Crippen MR) is 97.4 cm³/mol. The highest BCUT2D eigenvalue weighted by atomic mass is 32.1. The van der Waals surface area contributed by atoms with Gasteiger partial charge in [-0.1, -0.05) is 6.07 Å². The summed E-state index contributed by atoms with van der Waals surface area (Å²) in [4.78, 5) is 26.6. The van der Waals surface area contributed by atoms with Crippen LogP contribution in [-0.2, 0) is 0 Å². The second-order valence-electron chi connectivity index (χ2n) is 5.82. The van der Waals surface area contributed by atoms with Crippen molar-refractivity contribution >= 4 is 29.0 Å². The predicted octanol–water partition coefficient (Wildman–Crippen LogP) is 2.72. The van der Waals surface area contributed by atoms with Crippen LogP contribution in [0.4, 0.5) is 14.9 Å². The first-order valence-corrected chi connectivity index (χ1v) is 8.52. The van der Waals surface area contributed by atoms with Crippen LogP contribution in [0.3, 0.4) is 0 Å². The quantitative estimate of drug-likeness (QED) is 0.736. The van der Waals surface area contributed by atoms with Crippen molar-refractivity contribution < 1.29 is 14.0 Å². The minimum Gasteiger partial charge on any atom is -0.366 e. The van der Waals surface area contributed by atoms with Crippen LogP contribution in [0.5, 0.6) is 0 Å². The molecule has 0 aliphatic carbocycles. The first-order valence-electron chi connectivity index (χ1n) is 7.64. The van der Waals surface area contributed by atoms with Crippen LogP contribution in [0, 0.1) is 12.7 Å². The molecule has 0 aliphatic heterocycles. The Balaban J connectivity index is 2.06. The lowest BCUT2D eigenvalue weighted by atomic mass is 10.1. The number of hydrogen-bond acceptors (Lipinski definition) is 4. The van der Waals surface area contributed by atoms with E-state index in [-0.39, 0.29) is 22.9 Å². The number of halogens is 1. The van der Waals surface area contributed by atoms with Gasteiger partial charge < -0.3 is 21.3 Å². The lowest BCUT2D eigenvalue weighted by molar-refractivity contribution is 0.1000. The molecule has 0 spiro atoms. The van der Waals surface area contributed by atoms with Gasteiger partial charge in [0.15, 0.2) is 0 Å². The Labute approximate surface area is 149 Å². The molecule has 1 heterocycles. The summed E-state index contributed by atoms with van der Waals surface area (Å²) in [6.45, 7) is 1.90. The Morgan fingerprint density at radius 3 is 2.64 bits per heavy atom. The molecule has 0 bridgehead atoms. The van der Waals surface area contributed by atoms with Crippen molar-refractivity contribution in [2.45, 2.75) is 13.0 Å². The summed E-state index contributed by atoms with van der Waals surface area (Å²) in [6, 6.07) is 5.93. The smallest absolute Gasteiger partial charge is 0.319 e. The van der Waals surface area contributed by atoms with Crippen molar-refractivity contribution in [3.05, 3.63) is 51.5 Å². The zero-order valence-corrected chi connectivity index (χ0v) is 15.1. The van der Waals surface area contributed by atoms with Gasteiger partial charge in [0, 0.05) is 28.2 Å². The van der Waals surface area contributed by atoms with Crippen molar-refractivity contribution in [1.82, 2.24) is 10.2 Å². The van der Waals surface area contributed by atoms with E-state index in [9.17, 15) is 14.0 Å². The average Bonchev–Trinajstić information content (AvgIpc) is 3.05. The van der Waals surface area contributed by atoms with Crippen LogP contribution in [-0.4, -0.2) is 37.5 Å². The van der Waals surface area contributed by atoms with E-state index in [4.69, 9.17) is 5.73 Å². The van der Waals surface area contributed by atoms with Crippen LogP contribution >= 0.6 is 11.3 Å². The molecule has 6 nitrogen and oxygen atoms in total. The standard InChI is InChI=1S/C17H21FN4O2S/c1-10-12(18)7-11(16(19)23)8-13(10)21-17(24)20-9-14(22(2)3)15-5-4-6-25-15/h4-8,14H,9H2,1-3H3,(H2,19,23)(H2,20,21,24)/t14-/m1/s1. The maximum absolute atomic E-state index is 13.9. The van der Waals surface area contributed by atoms with Crippen LogP contribution in [0.15, 0.2) is 29.6 Å². The molecule has 0 unspecified atom stereocenters. The largest absolute Gasteiger partial charge is 0.366 e. The number of carbonyl (C=O) groups is 2. The number of nitrogens with two attached hydrogens (primary N) is 1. The molecule has 0 aliphatic rings. The van der Waals surface area contributed by atoms with Gasteiger partial charge in [0.1, 0.15) is 5.82 Å². The van der Waals surface area contributed by atoms with E-state index in [0.717, 1.165) is 10.9 Å². The Morgan fingerprint density at radius 1 is 1.36 bits per heavy atom. The number of amides is 3. The molecule has 3 amide bonds. The number of urea groups is 1. The lowest BCUT2D eigenvalue weighted by Gasteiger charge is -2.23. The van der Waals surface area contributed by atoms with E-state index in [1.54, 1.807) is 11.3 Å². The second-order valence-corrected chi connectivity index (χ2v) is 6.80. The van der Waals surface area contributed by atoms with Gasteiger partial charge >= 0.3 is 6.03 Å². The summed E-state index contributed by atoms with van der Waals surface area (Å²) in [5, 5.41) is 7.33. The summed E-state index contributed by atoms with van der Waals surface area (Å²) in [7, 11) is 3.86. The van der Waals surface area contributed by atoms with Crippen LogP contribution in [0.1, 0.15) is 26.8 Å². The molecule has 4 N–H and O–H groups in total. The van der Waals surface area contributed by atoms with Crippen molar-refractivity contribution in [2.24, 2.45) is 5.73 Å². The van der Waals surface area contributed by atoms with E-state index >= 15 is 0 Å². The first-order chi connectivity index (χ1) is 11.8. The molecule has 1 aromatic carbocycles. The van der Waals surface area contributed by atoms with Crippen molar-refractivity contribution in [3.63, 3.8) is 0 Å². The third-order valence-corrected chi connectivity index (χ3v) is 4.80. The SMILES string of the molecule is Cc1c(F)cc(C(N)=O)cc1NC(=O)NC[C@H](c1cccs1)N(C)C. The Hall–Kier alpha value is -2.45. The van der Waals surface area contributed by atoms with E-state index in [1.165, 1.54) is 13.0 Å². The minimum atomic E-state index is -0.757. The van der Waals surface area contributed by atoms with Gasteiger partial charge in [-0.25, -0.2) is 9.18 Å². The van der Waals surface area contributed by atoms with E-state index in [0.29, 0.717) is 6.54 Å². The van der Waals surface area contributed by atoms with Crippen molar-refractivity contribution in [2.75, 3.05) is 26.0 Å². The fourth-order valence-corrected chi connectivity index (χ4v) is 3.25. The highest BCUT2D eigenvalue weighted by Gasteiger charge is 2.17. The molecule has 2 aromatic rings. The number of anilines is 1. The van der Waals surface area contributed by atoms with Gasteiger partial charge in [-0.15, -0.1) is 11.3 Å². The number of nitrogens with one attached hydrogen (secondary N) is 2. The average molecular weight is 364 g/mol. The Kier molecular flexibility index (Phi) is 6.11. The number of primary amides is 1. The summed E-state index contributed by atoms with van der Waals surface area (Å²) < 4.78 is 13.9. The minimum absolute atomic E-state index is 0.00292. The highest BCUT2D eigenvalue weighted by Crippen LogP contribution is 2.23. The molecule has 1 atom stereocenters. The maximum Gasteiger partial charge on any atom is 0.319 e. The molecule has 0 fully saturated rings. The summed E-state index contributed by atoms with van der Waals surface area (Å²) in [5.74, 6) is -1.36. The van der Waals surface area contributed by atoms with Crippen molar-refractivity contribution in [3.8, 4) is 0 Å². The molecule has 2 rings (SSSR count). The molecule has 0 radical (unpaired) electrons. The highest BCUT2D eigenvalue weighted by molar-refractivity contribution is 7.10. The summed E-state index contributed by atoms with van der Waals surface area (Å²) >= 11 is 1.61. The molecule has 0 saturated heterocycles. The zero-order chi connectivity index (χ0) is 18.6. The first kappa shape index (κ1) is 18.9. The summed E-state index contributed by atoms with van der Waals surface area (Å²) in [5.41, 5.74) is 5.63. The normalized spacial score (nSPS) is 12.0. The number of likely N-dealkylation sites (N-methyl/N-ethyl adjacent to an activating group) is 1. The van der Waals surface area contributed by atoms with Gasteiger partial charge in [0.2, 0.25) is 5.91 Å². The fourth-order valence-electron chi connectivity index (χ4n) is 2.33. The van der Waals surface area contributed by atoms with E-state index < -0.39 is 17.8 Å². The number of benzene rings is 1.